The van der Waals surface area contributed by atoms with Gasteiger partial charge in [-0.3, -0.25) is 0 Å². The van der Waals surface area contributed by atoms with Gasteiger partial charge in [-0.25, -0.2) is 0 Å². The van der Waals surface area contributed by atoms with Crippen molar-refractivity contribution in [2.75, 3.05) is 0 Å². The van der Waals surface area contributed by atoms with Crippen LogP contribution in [0.1, 0.15) is 105 Å². The van der Waals surface area contributed by atoms with Crippen molar-refractivity contribution in [1.29, 1.82) is 0 Å². The number of unbranched alkanes of at least 4 members (excludes halogenated alkanes) is 9. The Morgan fingerprint density at radius 1 is 0.789 bits per heavy atom. The summed E-state index contributed by atoms with van der Waals surface area (Å²) in [5.74, 6) is 0.645. The lowest BCUT2D eigenvalue weighted by atomic mass is 9.82. The highest BCUT2D eigenvalue weighted by Crippen LogP contribution is 2.23. The minimum Gasteiger partial charge on any atom is -0.325 e. The van der Waals surface area contributed by atoms with Gasteiger partial charge >= 0.3 is 0 Å². The fraction of sp³-hybridized carbons (Fsp3) is 1.00. The molecule has 0 rings (SSSR count). The Bertz CT molecular complexity index is 186. The van der Waals surface area contributed by atoms with Gasteiger partial charge in [0.2, 0.25) is 0 Å². The molecule has 2 N–H and O–H groups in total. The predicted molar refractivity (Wildman–Crippen MR) is 88.5 cm³/mol. The van der Waals surface area contributed by atoms with Crippen LogP contribution in [0.2, 0.25) is 0 Å². The molecule has 0 aromatic carbocycles. The summed E-state index contributed by atoms with van der Waals surface area (Å²) in [5, 5.41) is 0. The first-order valence-corrected chi connectivity index (χ1v) is 8.83. The molecule has 0 saturated heterocycles. The first-order chi connectivity index (χ1) is 9.04. The van der Waals surface area contributed by atoms with Crippen molar-refractivity contribution in [2.45, 2.75) is 110 Å². The molecule has 0 spiro atoms. The second-order valence-electron chi connectivity index (χ2n) is 6.75. The summed E-state index contributed by atoms with van der Waals surface area (Å²) in [6.45, 7) is 9.05. The molecule has 0 aliphatic carbocycles. The fourth-order valence-electron chi connectivity index (χ4n) is 2.71. The molecule has 116 valence electrons. The van der Waals surface area contributed by atoms with Gasteiger partial charge in [-0.2, -0.15) is 0 Å². The molecule has 0 fully saturated rings. The van der Waals surface area contributed by atoms with E-state index in [9.17, 15) is 0 Å². The topological polar surface area (TPSA) is 26.0 Å². The predicted octanol–water partition coefficient (Wildman–Crippen LogP) is 6.06. The quantitative estimate of drug-likeness (QED) is 0.404. The molecular formula is C18H39N. The van der Waals surface area contributed by atoms with Gasteiger partial charge in [0.15, 0.2) is 0 Å². The summed E-state index contributed by atoms with van der Waals surface area (Å²) < 4.78 is 0. The zero-order valence-electron chi connectivity index (χ0n) is 14.1. The standard InChI is InChI=1S/C18H39N/c1-5-7-8-9-10-11-12-13-14-15-16-18(4,19)17(3)6-2/h17H,5-16,19H2,1-4H3. The van der Waals surface area contributed by atoms with Crippen molar-refractivity contribution >= 4 is 0 Å². The molecule has 0 bridgehead atoms. The van der Waals surface area contributed by atoms with Crippen LogP contribution in [0.25, 0.3) is 0 Å². The van der Waals surface area contributed by atoms with Gasteiger partial charge in [0.25, 0.3) is 0 Å². The highest BCUT2D eigenvalue weighted by Gasteiger charge is 2.23. The lowest BCUT2D eigenvalue weighted by Crippen LogP contribution is -2.42. The second kappa shape index (κ2) is 11.8. The average Bonchev–Trinajstić information content (AvgIpc) is 2.39. The Labute approximate surface area is 122 Å². The van der Waals surface area contributed by atoms with Gasteiger partial charge in [0.1, 0.15) is 0 Å². The van der Waals surface area contributed by atoms with Crippen molar-refractivity contribution in [1.82, 2.24) is 0 Å². The molecule has 0 saturated carbocycles. The normalized spacial score (nSPS) is 16.3. The monoisotopic (exact) mass is 269 g/mol. The zero-order valence-corrected chi connectivity index (χ0v) is 14.1. The van der Waals surface area contributed by atoms with E-state index in [1.54, 1.807) is 0 Å². The average molecular weight is 270 g/mol. The molecular weight excluding hydrogens is 230 g/mol. The van der Waals surface area contributed by atoms with Crippen LogP contribution in [0, 0.1) is 5.92 Å². The van der Waals surface area contributed by atoms with Gasteiger partial charge < -0.3 is 5.73 Å². The maximum absolute atomic E-state index is 6.38. The largest absolute Gasteiger partial charge is 0.325 e. The summed E-state index contributed by atoms with van der Waals surface area (Å²) in [6.07, 6.45) is 16.5. The maximum atomic E-state index is 6.38. The number of rotatable bonds is 13. The molecule has 0 aliphatic rings. The van der Waals surface area contributed by atoms with E-state index in [0.29, 0.717) is 5.92 Å². The van der Waals surface area contributed by atoms with Crippen LogP contribution in [0.5, 0.6) is 0 Å². The molecule has 0 aromatic rings. The van der Waals surface area contributed by atoms with Crippen LogP contribution in [0.4, 0.5) is 0 Å². The second-order valence-corrected chi connectivity index (χ2v) is 6.75. The Morgan fingerprint density at radius 2 is 1.21 bits per heavy atom. The van der Waals surface area contributed by atoms with Crippen molar-refractivity contribution in [2.24, 2.45) is 11.7 Å². The lowest BCUT2D eigenvalue weighted by molar-refractivity contribution is 0.279. The number of nitrogens with two attached hydrogens (primary N) is 1. The third-order valence-electron chi connectivity index (χ3n) is 4.81. The Balaban J connectivity index is 3.31. The SMILES string of the molecule is CCCCCCCCCCCCC(C)(N)C(C)CC. The van der Waals surface area contributed by atoms with Crippen LogP contribution in [-0.2, 0) is 0 Å². The van der Waals surface area contributed by atoms with E-state index >= 15 is 0 Å². The molecule has 2 atom stereocenters. The van der Waals surface area contributed by atoms with Gasteiger partial charge in [0.05, 0.1) is 0 Å². The van der Waals surface area contributed by atoms with Crippen LogP contribution in [-0.4, -0.2) is 5.54 Å². The maximum Gasteiger partial charge on any atom is 0.0151 e. The minimum absolute atomic E-state index is 0.0505. The molecule has 0 aliphatic heterocycles. The van der Waals surface area contributed by atoms with E-state index in [2.05, 4.69) is 27.7 Å². The van der Waals surface area contributed by atoms with E-state index in [1.165, 1.54) is 77.0 Å². The van der Waals surface area contributed by atoms with E-state index in [1.807, 2.05) is 0 Å². The van der Waals surface area contributed by atoms with Crippen molar-refractivity contribution in [3.8, 4) is 0 Å². The summed E-state index contributed by atoms with van der Waals surface area (Å²) in [4.78, 5) is 0. The lowest BCUT2D eigenvalue weighted by Gasteiger charge is -2.31. The van der Waals surface area contributed by atoms with E-state index in [4.69, 9.17) is 5.73 Å². The summed E-state index contributed by atoms with van der Waals surface area (Å²) >= 11 is 0. The molecule has 1 heteroatoms. The fourth-order valence-corrected chi connectivity index (χ4v) is 2.71. The van der Waals surface area contributed by atoms with Crippen molar-refractivity contribution in [3.05, 3.63) is 0 Å². The molecule has 19 heavy (non-hydrogen) atoms. The van der Waals surface area contributed by atoms with Gasteiger partial charge in [-0.15, -0.1) is 0 Å². The Hall–Kier alpha value is -0.0400. The minimum atomic E-state index is 0.0505. The molecule has 0 aromatic heterocycles. The third kappa shape index (κ3) is 10.4. The van der Waals surface area contributed by atoms with E-state index < -0.39 is 0 Å². The molecule has 0 heterocycles. The number of hydrogen-bond acceptors (Lipinski definition) is 1. The molecule has 2 unspecified atom stereocenters. The summed E-state index contributed by atoms with van der Waals surface area (Å²) in [5.41, 5.74) is 6.43. The molecule has 0 radical (unpaired) electrons. The van der Waals surface area contributed by atoms with Gasteiger partial charge in [-0.1, -0.05) is 91.4 Å². The summed E-state index contributed by atoms with van der Waals surface area (Å²) in [6, 6.07) is 0. The summed E-state index contributed by atoms with van der Waals surface area (Å²) in [7, 11) is 0. The third-order valence-corrected chi connectivity index (χ3v) is 4.81. The highest BCUT2D eigenvalue weighted by atomic mass is 14.7. The first kappa shape index (κ1) is 19.0. The van der Waals surface area contributed by atoms with Crippen molar-refractivity contribution < 1.29 is 0 Å². The van der Waals surface area contributed by atoms with Crippen LogP contribution < -0.4 is 5.73 Å². The van der Waals surface area contributed by atoms with Crippen LogP contribution in [0.3, 0.4) is 0 Å². The van der Waals surface area contributed by atoms with Gasteiger partial charge in [-0.05, 0) is 19.3 Å². The Morgan fingerprint density at radius 3 is 1.63 bits per heavy atom. The van der Waals surface area contributed by atoms with Crippen LogP contribution >= 0.6 is 0 Å². The van der Waals surface area contributed by atoms with E-state index in [-0.39, 0.29) is 5.54 Å². The smallest absolute Gasteiger partial charge is 0.0151 e. The first-order valence-electron chi connectivity index (χ1n) is 8.83. The Kier molecular flexibility index (Phi) is 11.7. The van der Waals surface area contributed by atoms with E-state index in [0.717, 1.165) is 0 Å². The van der Waals surface area contributed by atoms with Crippen molar-refractivity contribution in [3.63, 3.8) is 0 Å². The van der Waals surface area contributed by atoms with Crippen LogP contribution in [0.15, 0.2) is 0 Å². The zero-order chi connectivity index (χ0) is 14.6. The molecule has 0 amide bonds. The van der Waals surface area contributed by atoms with Gasteiger partial charge in [0, 0.05) is 5.54 Å². The molecule has 1 nitrogen and oxygen atoms in total. The highest BCUT2D eigenvalue weighted by molar-refractivity contribution is 4.83. The number of hydrogen-bond donors (Lipinski definition) is 1.